The fourth-order valence-electron chi connectivity index (χ4n) is 0.749. The summed E-state index contributed by atoms with van der Waals surface area (Å²) >= 11 is 3.33. The van der Waals surface area contributed by atoms with E-state index in [2.05, 4.69) is 28.1 Å². The van der Waals surface area contributed by atoms with E-state index in [1.54, 1.807) is 0 Å². The summed E-state index contributed by atoms with van der Waals surface area (Å²) in [5.74, 6) is 1.08. The Labute approximate surface area is 63.2 Å². The molecule has 0 aromatic carbocycles. The summed E-state index contributed by atoms with van der Waals surface area (Å²) in [6.07, 6.45) is 2.93. The SMILES string of the molecule is CCc1nc(C)cn1Br. The van der Waals surface area contributed by atoms with Gasteiger partial charge in [0, 0.05) is 12.6 Å². The molecule has 0 amide bonds. The molecule has 0 saturated carbocycles. The molecule has 1 aromatic heterocycles. The van der Waals surface area contributed by atoms with E-state index >= 15 is 0 Å². The van der Waals surface area contributed by atoms with E-state index in [-0.39, 0.29) is 0 Å². The van der Waals surface area contributed by atoms with Gasteiger partial charge in [-0.05, 0) is 6.92 Å². The molecule has 2 nitrogen and oxygen atoms in total. The number of halogens is 1. The summed E-state index contributed by atoms with van der Waals surface area (Å²) in [5, 5.41) is 0. The van der Waals surface area contributed by atoms with Gasteiger partial charge in [0.15, 0.2) is 0 Å². The number of nitrogens with zero attached hydrogens (tertiary/aromatic N) is 2. The molecule has 0 fully saturated rings. The van der Waals surface area contributed by atoms with Crippen LogP contribution in [-0.2, 0) is 6.42 Å². The average Bonchev–Trinajstić information content (AvgIpc) is 2.10. The molecule has 0 aliphatic carbocycles. The highest BCUT2D eigenvalue weighted by Gasteiger charge is 1.97. The predicted octanol–water partition coefficient (Wildman–Crippen LogP) is 1.91. The van der Waals surface area contributed by atoms with Crippen LogP contribution in [0.5, 0.6) is 0 Å². The van der Waals surface area contributed by atoms with Crippen molar-refractivity contribution in [1.82, 2.24) is 8.58 Å². The normalized spacial score (nSPS) is 10.1. The summed E-state index contributed by atoms with van der Waals surface area (Å²) in [6.45, 7) is 4.07. The molecule has 0 N–H and O–H groups in total. The average molecular weight is 189 g/mol. The third-order valence-electron chi connectivity index (χ3n) is 1.17. The fourth-order valence-corrected chi connectivity index (χ4v) is 1.38. The van der Waals surface area contributed by atoms with Gasteiger partial charge in [-0.3, -0.25) is 3.59 Å². The van der Waals surface area contributed by atoms with Crippen molar-refractivity contribution in [2.24, 2.45) is 0 Å². The van der Waals surface area contributed by atoms with E-state index in [1.165, 1.54) is 0 Å². The van der Waals surface area contributed by atoms with Crippen molar-refractivity contribution in [3.63, 3.8) is 0 Å². The fraction of sp³-hybridized carbons (Fsp3) is 0.500. The number of aryl methyl sites for hydroxylation is 2. The predicted molar refractivity (Wildman–Crippen MR) is 40.7 cm³/mol. The highest BCUT2D eigenvalue weighted by atomic mass is 79.9. The van der Waals surface area contributed by atoms with Gasteiger partial charge < -0.3 is 0 Å². The van der Waals surface area contributed by atoms with E-state index in [0.717, 1.165) is 17.9 Å². The molecule has 0 bridgehead atoms. The van der Waals surface area contributed by atoms with Crippen molar-refractivity contribution < 1.29 is 0 Å². The molecule has 0 spiro atoms. The van der Waals surface area contributed by atoms with Gasteiger partial charge in [0.05, 0.1) is 21.8 Å². The largest absolute Gasteiger partial charge is 0.270 e. The lowest BCUT2D eigenvalue weighted by Crippen LogP contribution is -1.87. The first-order valence-corrected chi connectivity index (χ1v) is 3.66. The molecular weight excluding hydrogens is 180 g/mol. The minimum Gasteiger partial charge on any atom is -0.270 e. The van der Waals surface area contributed by atoms with Crippen LogP contribution in [0.3, 0.4) is 0 Å². The minimum absolute atomic E-state index is 0.971. The number of imidazole rings is 1. The van der Waals surface area contributed by atoms with E-state index in [9.17, 15) is 0 Å². The Morgan fingerprint density at radius 1 is 1.78 bits per heavy atom. The zero-order valence-electron chi connectivity index (χ0n) is 5.56. The summed E-state index contributed by atoms with van der Waals surface area (Å²) in [4.78, 5) is 4.24. The van der Waals surface area contributed by atoms with Crippen LogP contribution < -0.4 is 0 Å². The van der Waals surface area contributed by atoms with Gasteiger partial charge in [0.2, 0.25) is 0 Å². The van der Waals surface area contributed by atoms with Crippen molar-refractivity contribution >= 4 is 16.1 Å². The molecule has 50 valence electrons. The number of hydrogen-bond acceptors (Lipinski definition) is 1. The van der Waals surface area contributed by atoms with Crippen molar-refractivity contribution in [2.45, 2.75) is 20.3 Å². The zero-order chi connectivity index (χ0) is 6.85. The van der Waals surface area contributed by atoms with Crippen LogP contribution in [0.25, 0.3) is 0 Å². The highest BCUT2D eigenvalue weighted by molar-refractivity contribution is 9.08. The van der Waals surface area contributed by atoms with Gasteiger partial charge in [-0.15, -0.1) is 0 Å². The third kappa shape index (κ3) is 1.33. The molecule has 0 atom stereocenters. The molecule has 0 unspecified atom stereocenters. The standard InChI is InChI=1S/C6H9BrN2/c1-3-6-8-5(2)4-9(6)7/h4H,3H2,1-2H3. The first-order valence-electron chi connectivity index (χ1n) is 2.95. The maximum atomic E-state index is 4.24. The van der Waals surface area contributed by atoms with Crippen LogP contribution in [0, 0.1) is 6.92 Å². The number of aromatic nitrogens is 2. The van der Waals surface area contributed by atoms with E-state index in [0.29, 0.717) is 0 Å². The molecule has 3 heteroatoms. The molecule has 1 aromatic rings. The van der Waals surface area contributed by atoms with Crippen LogP contribution in [0.2, 0.25) is 0 Å². The Bertz CT molecular complexity index is 205. The molecular formula is C6H9BrN2. The minimum atomic E-state index is 0.971. The van der Waals surface area contributed by atoms with E-state index in [4.69, 9.17) is 0 Å². The Morgan fingerprint density at radius 2 is 2.44 bits per heavy atom. The smallest absolute Gasteiger partial charge is 0.118 e. The van der Waals surface area contributed by atoms with Crippen molar-refractivity contribution in [2.75, 3.05) is 0 Å². The monoisotopic (exact) mass is 188 g/mol. The van der Waals surface area contributed by atoms with Crippen molar-refractivity contribution in [3.8, 4) is 0 Å². The third-order valence-corrected chi connectivity index (χ3v) is 1.78. The summed E-state index contributed by atoms with van der Waals surface area (Å²) in [6, 6.07) is 0. The highest BCUT2D eigenvalue weighted by Crippen LogP contribution is 2.05. The maximum absolute atomic E-state index is 4.24. The van der Waals surface area contributed by atoms with Gasteiger partial charge in [0.25, 0.3) is 0 Å². The molecule has 1 rings (SSSR count). The first kappa shape index (κ1) is 6.81. The molecule has 0 aliphatic rings. The molecule has 0 saturated heterocycles. The van der Waals surface area contributed by atoms with E-state index < -0.39 is 0 Å². The first-order chi connectivity index (χ1) is 4.24. The zero-order valence-corrected chi connectivity index (χ0v) is 7.14. The molecule has 9 heavy (non-hydrogen) atoms. The summed E-state index contributed by atoms with van der Waals surface area (Å²) < 4.78 is 1.88. The molecule has 0 radical (unpaired) electrons. The van der Waals surface area contributed by atoms with Gasteiger partial charge in [0.1, 0.15) is 5.82 Å². The van der Waals surface area contributed by atoms with Crippen LogP contribution in [0.15, 0.2) is 6.20 Å². The summed E-state index contributed by atoms with van der Waals surface area (Å²) in [7, 11) is 0. The topological polar surface area (TPSA) is 17.8 Å². The van der Waals surface area contributed by atoms with Gasteiger partial charge in [-0.1, -0.05) is 6.92 Å². The van der Waals surface area contributed by atoms with Crippen LogP contribution in [0.4, 0.5) is 0 Å². The summed E-state index contributed by atoms with van der Waals surface area (Å²) in [5.41, 5.74) is 1.06. The lowest BCUT2D eigenvalue weighted by Gasteiger charge is -1.89. The second-order valence-corrected chi connectivity index (χ2v) is 2.73. The number of hydrogen-bond donors (Lipinski definition) is 0. The molecule has 1 heterocycles. The Hall–Kier alpha value is -0.310. The second kappa shape index (κ2) is 2.52. The van der Waals surface area contributed by atoms with Crippen LogP contribution in [-0.4, -0.2) is 8.58 Å². The van der Waals surface area contributed by atoms with E-state index in [1.807, 2.05) is 16.7 Å². The second-order valence-electron chi connectivity index (χ2n) is 1.96. The Morgan fingerprint density at radius 3 is 2.67 bits per heavy atom. The van der Waals surface area contributed by atoms with Crippen LogP contribution in [0.1, 0.15) is 18.4 Å². The van der Waals surface area contributed by atoms with Gasteiger partial charge in [-0.2, -0.15) is 0 Å². The van der Waals surface area contributed by atoms with Crippen molar-refractivity contribution in [1.29, 1.82) is 0 Å². The molecule has 0 aliphatic heterocycles. The lowest BCUT2D eigenvalue weighted by atomic mass is 10.5. The maximum Gasteiger partial charge on any atom is 0.118 e. The number of rotatable bonds is 1. The van der Waals surface area contributed by atoms with Crippen molar-refractivity contribution in [3.05, 3.63) is 17.7 Å². The lowest BCUT2D eigenvalue weighted by molar-refractivity contribution is 0.963. The quantitative estimate of drug-likeness (QED) is 0.659. The Kier molecular flexibility index (Phi) is 1.90. The van der Waals surface area contributed by atoms with Crippen LogP contribution >= 0.6 is 16.1 Å². The Balaban J connectivity index is 3.01. The van der Waals surface area contributed by atoms with Gasteiger partial charge in [-0.25, -0.2) is 4.98 Å². The van der Waals surface area contributed by atoms with Gasteiger partial charge >= 0.3 is 0 Å².